The Morgan fingerprint density at radius 1 is 1.07 bits per heavy atom. The summed E-state index contributed by atoms with van der Waals surface area (Å²) in [6.07, 6.45) is 3.80. The summed E-state index contributed by atoms with van der Waals surface area (Å²) in [7, 11) is 1.74. The zero-order valence-electron chi connectivity index (χ0n) is 44.0. The van der Waals surface area contributed by atoms with E-state index in [-0.39, 0.29) is 57.8 Å². The number of nitrogens with zero attached hydrogens (tertiary/aromatic N) is 1. The number of methoxy groups -OCH3 is 3. The second kappa shape index (κ2) is 24.6. The number of aliphatic hydroxyl groups is 3. The smallest absolute Gasteiger partial charge is 0.308 e. The number of halogens is 1. The molecule has 19 heteroatoms. The number of aliphatic hydroxyl groups excluding tert-OH is 1. The van der Waals surface area contributed by atoms with Crippen molar-refractivity contribution in [2.45, 2.75) is 114 Å². The Hall–Kier alpha value is -6.32. The summed E-state index contributed by atoms with van der Waals surface area (Å²) < 4.78 is 60.0. The molecule has 17 nitrogen and oxygen atoms in total. The Labute approximate surface area is 444 Å². The van der Waals surface area contributed by atoms with Crippen molar-refractivity contribution in [3.8, 4) is 58.7 Å². The second-order valence-corrected chi connectivity index (χ2v) is 24.9. The van der Waals surface area contributed by atoms with Crippen LogP contribution in [0.2, 0.25) is 23.3 Å². The van der Waals surface area contributed by atoms with Gasteiger partial charge in [-0.2, -0.15) is 0 Å². The minimum atomic E-state index is -2.76. The molecule has 1 amide bonds. The van der Waals surface area contributed by atoms with E-state index in [0.29, 0.717) is 33.8 Å². The maximum Gasteiger partial charge on any atom is 0.308 e. The Morgan fingerprint density at radius 3 is 2.39 bits per heavy atom. The molecule has 1 aromatic heterocycles. The number of hydrogen-bond donors (Lipinski definition) is 4. The molecule has 0 saturated heterocycles. The molecule has 2 aliphatic heterocycles. The molecular weight excluding hydrogens is 1000 g/mol. The number of amides is 1. The van der Waals surface area contributed by atoms with Gasteiger partial charge in [0.05, 0.1) is 70.8 Å². The molecule has 6 atom stereocenters. The first-order chi connectivity index (χ1) is 35.5. The maximum atomic E-state index is 14.8. The highest BCUT2D eigenvalue weighted by Gasteiger charge is 2.55. The normalized spacial score (nSPS) is 21.9. The number of hydrogen-bond acceptors (Lipinski definition) is 16. The van der Waals surface area contributed by atoms with E-state index >= 15 is 0 Å². The maximum absolute atomic E-state index is 14.8. The van der Waals surface area contributed by atoms with Gasteiger partial charge in [0, 0.05) is 11.0 Å². The van der Waals surface area contributed by atoms with Crippen LogP contribution in [-0.2, 0) is 30.0 Å². The van der Waals surface area contributed by atoms with Crippen LogP contribution in [0, 0.1) is 24.2 Å². The number of aromatic nitrogens is 1. The zero-order chi connectivity index (χ0) is 54.9. The van der Waals surface area contributed by atoms with Crippen LogP contribution in [0.3, 0.4) is 0 Å². The van der Waals surface area contributed by atoms with E-state index in [2.05, 4.69) is 34.6 Å². The van der Waals surface area contributed by atoms with Crippen LogP contribution in [0.1, 0.15) is 75.1 Å². The van der Waals surface area contributed by atoms with Crippen molar-refractivity contribution in [3.05, 3.63) is 101 Å². The van der Waals surface area contributed by atoms with Gasteiger partial charge in [-0.15, -0.1) is 12.3 Å². The van der Waals surface area contributed by atoms with Crippen LogP contribution in [0.15, 0.2) is 78.9 Å². The minimum absolute atomic E-state index is 0.0282. The molecule has 75 heavy (non-hydrogen) atoms. The highest BCUT2D eigenvalue weighted by molar-refractivity contribution is 6.74. The summed E-state index contributed by atoms with van der Waals surface area (Å²) in [6, 6.07) is 13.9. The summed E-state index contributed by atoms with van der Waals surface area (Å²) in [6.45, 7) is 15.7. The third kappa shape index (κ3) is 13.4. The molecule has 4 bridgehead atoms. The molecule has 1 aliphatic carbocycles. The Kier molecular flexibility index (Phi) is 19.0. The average Bonchev–Trinajstić information content (AvgIpc) is 3.62. The third-order valence-electron chi connectivity index (χ3n) is 13.1. The Morgan fingerprint density at radius 2 is 1.77 bits per heavy atom. The predicted molar refractivity (Wildman–Crippen MR) is 284 cm³/mol. The van der Waals surface area contributed by atoms with E-state index in [9.17, 15) is 24.9 Å². The first-order valence-electron chi connectivity index (χ1n) is 24.2. The average molecular weight is 1070 g/mol. The first-order valence-corrected chi connectivity index (χ1v) is 27.5. The Balaban J connectivity index is 1.45. The summed E-state index contributed by atoms with van der Waals surface area (Å²) in [4.78, 5) is 33.5. The summed E-state index contributed by atoms with van der Waals surface area (Å²) in [5.41, 5.74) is -3.57. The lowest BCUT2D eigenvalue weighted by Gasteiger charge is -2.43. The van der Waals surface area contributed by atoms with Crippen molar-refractivity contribution < 1.29 is 72.0 Å². The van der Waals surface area contributed by atoms with E-state index in [4.69, 9.17) is 65.1 Å². The summed E-state index contributed by atoms with van der Waals surface area (Å²) in [5.74, 6) is 8.33. The standard InChI is InChI=1S/C56H67ClN2O15Si/c1-13-22-55(63)23-21-37-27-46(51(56(37,64)32-60)74-75(11,12)54(5,6)7)73-43-20-19-41(58-52(43)57)42(29-48(61)70-31-47(55)71-33-68-30-35-15-17-38(65-8)18-16-35)59-53(62)40-28-39-36(25-44(40)69-24-14-2)26-45(72-34(3)4)50(67-10)49(39)66-9/h1,14-20,25-28,34,42,46-47,51,60,63-64H,2,22,24,29-33H2,3-12H3,(H,59,62)/t42-,46+,47-,51-,55-,56+/m1/s1. The highest BCUT2D eigenvalue weighted by atomic mass is 35.5. The van der Waals surface area contributed by atoms with Crippen LogP contribution in [0.25, 0.3) is 10.8 Å². The number of fused-ring (bicyclic) bond motifs is 10. The van der Waals surface area contributed by atoms with Gasteiger partial charge in [0.1, 0.15) is 55.4 Å². The van der Waals surface area contributed by atoms with Gasteiger partial charge < -0.3 is 67.7 Å². The highest BCUT2D eigenvalue weighted by Crippen LogP contribution is 2.47. The molecule has 0 fully saturated rings. The van der Waals surface area contributed by atoms with Gasteiger partial charge in [0.15, 0.2) is 36.3 Å². The SMILES string of the molecule is C#CC[C@@]1(O)C#CC2=C[C@H](Oc3ccc(nc3Cl)[C@H](NC(=O)c3cc4c(OC)c(OC)c(OC(C)C)cc4cc3OCC=C)CC(=O)OC[C@H]1OCOCc1ccc(OC)cc1)[C@@H](O[Si](C)(C)C(C)(C)C)[C@]2(O)CO. The van der Waals surface area contributed by atoms with Crippen LogP contribution >= 0.6 is 11.6 Å². The number of benzene rings is 3. The number of rotatable bonds is 19. The van der Waals surface area contributed by atoms with Crippen LogP contribution in [-0.4, -0.2) is 124 Å². The molecule has 0 spiro atoms. The molecule has 402 valence electrons. The van der Waals surface area contributed by atoms with Gasteiger partial charge in [0.25, 0.3) is 5.91 Å². The lowest BCUT2D eigenvalue weighted by molar-refractivity contribution is -0.175. The van der Waals surface area contributed by atoms with Crippen molar-refractivity contribution in [2.24, 2.45) is 0 Å². The van der Waals surface area contributed by atoms with Crippen molar-refractivity contribution in [2.75, 3.05) is 47.9 Å². The van der Waals surface area contributed by atoms with Crippen LogP contribution in [0.4, 0.5) is 0 Å². The summed E-state index contributed by atoms with van der Waals surface area (Å²) >= 11 is 6.92. The van der Waals surface area contributed by atoms with E-state index < -0.39 is 88.6 Å². The number of esters is 1. The summed E-state index contributed by atoms with van der Waals surface area (Å²) in [5, 5.41) is 39.3. The van der Waals surface area contributed by atoms with Crippen molar-refractivity contribution in [1.29, 1.82) is 0 Å². The first kappa shape index (κ1) is 57.9. The third-order valence-corrected chi connectivity index (χ3v) is 17.9. The number of carbonyl (C=O) groups is 2. The van der Waals surface area contributed by atoms with Crippen molar-refractivity contribution >= 4 is 42.6 Å². The fraction of sp³-hybridized carbons (Fsp3) is 0.446. The van der Waals surface area contributed by atoms with Gasteiger partial charge in [-0.05, 0) is 91.5 Å². The lowest BCUT2D eigenvalue weighted by atomic mass is 9.90. The van der Waals surface area contributed by atoms with E-state index in [1.807, 2.05) is 47.7 Å². The van der Waals surface area contributed by atoms with Crippen molar-refractivity contribution in [1.82, 2.24) is 10.3 Å². The zero-order valence-corrected chi connectivity index (χ0v) is 45.8. The van der Waals surface area contributed by atoms with Crippen LogP contribution < -0.4 is 33.7 Å². The molecule has 4 aromatic rings. The van der Waals surface area contributed by atoms with Gasteiger partial charge in [0.2, 0.25) is 5.75 Å². The minimum Gasteiger partial charge on any atom is -0.497 e. The van der Waals surface area contributed by atoms with E-state index in [1.54, 1.807) is 49.6 Å². The number of pyridine rings is 1. The Bertz CT molecular complexity index is 2850. The molecule has 0 saturated carbocycles. The number of carbonyl (C=O) groups excluding carboxylic acids is 2. The molecular formula is C56H67ClN2O15Si. The largest absolute Gasteiger partial charge is 0.497 e. The molecule has 7 rings (SSSR count). The fourth-order valence-corrected chi connectivity index (χ4v) is 9.59. The quantitative estimate of drug-likeness (QED) is 0.0134. The van der Waals surface area contributed by atoms with Crippen molar-refractivity contribution in [3.63, 3.8) is 0 Å². The van der Waals surface area contributed by atoms with Gasteiger partial charge in [-0.3, -0.25) is 9.59 Å². The van der Waals surface area contributed by atoms with Gasteiger partial charge in [-0.25, -0.2) is 4.98 Å². The number of terminal acetylenes is 1. The molecule has 3 heterocycles. The topological polar surface area (TPSA) is 212 Å². The molecule has 0 radical (unpaired) electrons. The fourth-order valence-electron chi connectivity index (χ4n) is 8.07. The number of ether oxygens (including phenoxy) is 9. The number of nitrogens with one attached hydrogen (secondary N) is 1. The monoisotopic (exact) mass is 1070 g/mol. The van der Waals surface area contributed by atoms with Crippen LogP contribution in [0.5, 0.6) is 34.5 Å². The van der Waals surface area contributed by atoms with E-state index in [0.717, 1.165) is 5.56 Å². The predicted octanol–water partition coefficient (Wildman–Crippen LogP) is 7.80. The van der Waals surface area contributed by atoms with Gasteiger partial charge >= 0.3 is 5.97 Å². The van der Waals surface area contributed by atoms with E-state index in [1.165, 1.54) is 38.5 Å². The molecule has 3 aromatic carbocycles. The second-order valence-electron chi connectivity index (χ2n) is 19.8. The molecule has 3 aliphatic rings. The molecule has 0 unspecified atom stereocenters. The molecule has 4 N–H and O–H groups in total. The van der Waals surface area contributed by atoms with Gasteiger partial charge in [-0.1, -0.05) is 69.0 Å². The lowest BCUT2D eigenvalue weighted by Crippen LogP contribution is -2.57.